The molecule has 0 atom stereocenters. The number of hydrogen-bond donors (Lipinski definition) is 1. The van der Waals surface area contributed by atoms with E-state index in [-0.39, 0.29) is 0 Å². The lowest BCUT2D eigenvalue weighted by Crippen LogP contribution is -1.98. The number of benzene rings is 1. The summed E-state index contributed by atoms with van der Waals surface area (Å²) >= 11 is 15.3. The molecule has 0 radical (unpaired) electrons. The van der Waals surface area contributed by atoms with Gasteiger partial charge in [0.1, 0.15) is 0 Å². The molecule has 0 aliphatic carbocycles. The maximum absolute atomic E-state index is 6.09. The molecule has 0 amide bonds. The van der Waals surface area contributed by atoms with Gasteiger partial charge in [0.2, 0.25) is 5.95 Å². The molecule has 1 aromatic heterocycles. The molecule has 0 saturated carbocycles. The average Bonchev–Trinajstić information content (AvgIpc) is 2.70. The first-order chi connectivity index (χ1) is 9.08. The van der Waals surface area contributed by atoms with E-state index in [1.54, 1.807) is 34.2 Å². The van der Waals surface area contributed by atoms with E-state index in [2.05, 4.69) is 10.2 Å². The molecule has 102 valence electrons. The first-order valence-corrected chi connectivity index (χ1v) is 8.16. The van der Waals surface area contributed by atoms with E-state index in [1.807, 2.05) is 19.2 Å². The number of hydrogen-bond acceptors (Lipinski definition) is 5. The highest BCUT2D eigenvalue weighted by molar-refractivity contribution is 8.02. The summed E-state index contributed by atoms with van der Waals surface area (Å²) in [5, 5.41) is 10.0. The molecule has 1 aromatic carbocycles. The van der Waals surface area contributed by atoms with E-state index in [0.717, 1.165) is 26.6 Å². The predicted octanol–water partition coefficient (Wildman–Crippen LogP) is 3.59. The fourth-order valence-corrected chi connectivity index (χ4v) is 3.71. The zero-order chi connectivity index (χ0) is 13.8. The molecule has 0 aliphatic rings. The molecule has 8 heteroatoms. The Morgan fingerprint density at radius 2 is 1.95 bits per heavy atom. The monoisotopic (exact) mass is 334 g/mol. The van der Waals surface area contributed by atoms with Crippen molar-refractivity contribution in [3.8, 4) is 0 Å². The third kappa shape index (κ3) is 3.95. The van der Waals surface area contributed by atoms with Crippen molar-refractivity contribution in [2.24, 2.45) is 7.05 Å². The zero-order valence-corrected chi connectivity index (χ0v) is 13.3. The minimum absolute atomic E-state index is 0.424. The molecule has 2 N–H and O–H groups in total. The highest BCUT2D eigenvalue weighted by Crippen LogP contribution is 2.30. The Bertz CT molecular complexity index is 574. The van der Waals surface area contributed by atoms with E-state index in [9.17, 15) is 0 Å². The Morgan fingerprint density at radius 1 is 1.21 bits per heavy atom. The molecule has 1 heterocycles. The Kier molecular flexibility index (Phi) is 5.27. The molecule has 4 nitrogen and oxygen atoms in total. The lowest BCUT2D eigenvalue weighted by atomic mass is 10.4. The number of nitrogen functional groups attached to an aromatic ring is 1. The molecule has 0 spiro atoms. The molecular weight excluding hydrogens is 323 g/mol. The molecule has 0 bridgehead atoms. The van der Waals surface area contributed by atoms with Gasteiger partial charge in [-0.1, -0.05) is 35.0 Å². The second-order valence-corrected chi connectivity index (χ2v) is 6.71. The normalized spacial score (nSPS) is 10.9. The largest absolute Gasteiger partial charge is 0.368 e. The van der Waals surface area contributed by atoms with E-state index in [0.29, 0.717) is 11.0 Å². The molecule has 0 aliphatic heterocycles. The number of rotatable bonds is 5. The Morgan fingerprint density at radius 3 is 2.63 bits per heavy atom. The van der Waals surface area contributed by atoms with Gasteiger partial charge in [-0.15, -0.1) is 22.0 Å². The van der Waals surface area contributed by atoms with Crippen molar-refractivity contribution in [1.82, 2.24) is 14.8 Å². The summed E-state index contributed by atoms with van der Waals surface area (Å²) in [6, 6.07) is 5.47. The van der Waals surface area contributed by atoms with Crippen molar-refractivity contribution in [3.05, 3.63) is 28.2 Å². The molecule has 0 saturated heterocycles. The van der Waals surface area contributed by atoms with Gasteiger partial charge in [-0.05, 0) is 18.2 Å². The lowest BCUT2D eigenvalue weighted by molar-refractivity contribution is 0.796. The quantitative estimate of drug-likeness (QED) is 0.668. The van der Waals surface area contributed by atoms with Gasteiger partial charge in [0, 0.05) is 28.5 Å². The van der Waals surface area contributed by atoms with Crippen LogP contribution in [-0.2, 0) is 7.05 Å². The van der Waals surface area contributed by atoms with Crippen LogP contribution in [0.25, 0.3) is 0 Å². The Labute approximate surface area is 130 Å². The van der Waals surface area contributed by atoms with Crippen LogP contribution in [0, 0.1) is 0 Å². The van der Waals surface area contributed by atoms with Gasteiger partial charge in [-0.3, -0.25) is 4.57 Å². The number of anilines is 1. The summed E-state index contributed by atoms with van der Waals surface area (Å²) < 4.78 is 1.77. The average molecular weight is 335 g/mol. The SMILES string of the molecule is Cn1c(N)nnc1SCCSc1cc(Cl)ccc1Cl. The van der Waals surface area contributed by atoms with Gasteiger partial charge in [-0.25, -0.2) is 0 Å². The maximum atomic E-state index is 6.09. The summed E-state index contributed by atoms with van der Waals surface area (Å²) in [5.74, 6) is 2.21. The second kappa shape index (κ2) is 6.74. The highest BCUT2D eigenvalue weighted by Gasteiger charge is 2.06. The number of aromatic nitrogens is 3. The number of nitrogens with two attached hydrogens (primary N) is 1. The van der Waals surface area contributed by atoms with Crippen molar-refractivity contribution in [1.29, 1.82) is 0 Å². The van der Waals surface area contributed by atoms with E-state index >= 15 is 0 Å². The first kappa shape index (κ1) is 14.8. The fourth-order valence-electron chi connectivity index (χ4n) is 1.32. The summed E-state index contributed by atoms with van der Waals surface area (Å²) in [6.45, 7) is 0. The molecule has 0 fully saturated rings. The van der Waals surface area contributed by atoms with Gasteiger partial charge in [0.05, 0.1) is 5.02 Å². The van der Waals surface area contributed by atoms with E-state index < -0.39 is 0 Å². The summed E-state index contributed by atoms with van der Waals surface area (Å²) in [6.07, 6.45) is 0. The molecule has 0 unspecified atom stereocenters. The van der Waals surface area contributed by atoms with Crippen LogP contribution in [0.3, 0.4) is 0 Å². The smallest absolute Gasteiger partial charge is 0.222 e. The highest BCUT2D eigenvalue weighted by atomic mass is 35.5. The van der Waals surface area contributed by atoms with Gasteiger partial charge >= 0.3 is 0 Å². The van der Waals surface area contributed by atoms with Crippen molar-refractivity contribution < 1.29 is 0 Å². The van der Waals surface area contributed by atoms with Crippen LogP contribution < -0.4 is 5.73 Å². The van der Waals surface area contributed by atoms with Gasteiger partial charge in [0.15, 0.2) is 5.16 Å². The van der Waals surface area contributed by atoms with E-state index in [4.69, 9.17) is 28.9 Å². The van der Waals surface area contributed by atoms with Crippen molar-refractivity contribution in [2.45, 2.75) is 10.1 Å². The van der Waals surface area contributed by atoms with Crippen LogP contribution in [0.5, 0.6) is 0 Å². The number of nitrogens with zero attached hydrogens (tertiary/aromatic N) is 3. The lowest BCUT2D eigenvalue weighted by Gasteiger charge is -2.04. The van der Waals surface area contributed by atoms with Crippen LogP contribution in [0.15, 0.2) is 28.3 Å². The topological polar surface area (TPSA) is 56.7 Å². The van der Waals surface area contributed by atoms with Crippen LogP contribution in [0.4, 0.5) is 5.95 Å². The zero-order valence-electron chi connectivity index (χ0n) is 10.1. The van der Waals surface area contributed by atoms with Crippen molar-refractivity contribution in [2.75, 3.05) is 17.2 Å². The Hall–Kier alpha value is -0.560. The van der Waals surface area contributed by atoms with Gasteiger partial charge < -0.3 is 5.73 Å². The third-order valence-electron chi connectivity index (χ3n) is 2.33. The van der Waals surface area contributed by atoms with Crippen LogP contribution in [-0.4, -0.2) is 26.3 Å². The summed E-state index contributed by atoms with van der Waals surface area (Å²) in [5.41, 5.74) is 5.61. The Balaban J connectivity index is 1.84. The second-order valence-electron chi connectivity index (χ2n) is 3.67. The van der Waals surface area contributed by atoms with E-state index in [1.165, 1.54) is 0 Å². The molecule has 2 rings (SSSR count). The summed E-state index contributed by atoms with van der Waals surface area (Å²) in [7, 11) is 1.85. The van der Waals surface area contributed by atoms with Gasteiger partial charge in [-0.2, -0.15) is 0 Å². The minimum atomic E-state index is 0.424. The number of thioether (sulfide) groups is 2. The molecule has 2 aromatic rings. The number of halogens is 2. The third-order valence-corrected chi connectivity index (χ3v) is 5.35. The molecule has 19 heavy (non-hydrogen) atoms. The van der Waals surface area contributed by atoms with Crippen molar-refractivity contribution >= 4 is 52.7 Å². The molecular formula is C11H12Cl2N4S2. The van der Waals surface area contributed by atoms with Crippen LogP contribution >= 0.6 is 46.7 Å². The first-order valence-electron chi connectivity index (χ1n) is 5.43. The predicted molar refractivity (Wildman–Crippen MR) is 83.3 cm³/mol. The minimum Gasteiger partial charge on any atom is -0.368 e. The van der Waals surface area contributed by atoms with Gasteiger partial charge in [0.25, 0.3) is 0 Å². The fraction of sp³-hybridized carbons (Fsp3) is 0.273. The maximum Gasteiger partial charge on any atom is 0.222 e. The van der Waals surface area contributed by atoms with Crippen LogP contribution in [0.2, 0.25) is 10.0 Å². The van der Waals surface area contributed by atoms with Crippen molar-refractivity contribution in [3.63, 3.8) is 0 Å². The standard InChI is InChI=1S/C11H12Cl2N4S2/c1-17-10(14)15-16-11(17)19-5-4-18-9-6-7(12)2-3-8(9)13/h2-3,6H,4-5H2,1H3,(H2,14,15). The van der Waals surface area contributed by atoms with Crippen LogP contribution in [0.1, 0.15) is 0 Å². The summed E-state index contributed by atoms with van der Waals surface area (Å²) in [4.78, 5) is 0.993.